The van der Waals surface area contributed by atoms with Crippen molar-refractivity contribution in [2.75, 3.05) is 18.1 Å². The van der Waals surface area contributed by atoms with Gasteiger partial charge in [-0.1, -0.05) is 6.42 Å². The summed E-state index contributed by atoms with van der Waals surface area (Å²) in [4.78, 5) is 14.2. The molecule has 0 aromatic carbocycles. The first-order valence-corrected chi connectivity index (χ1v) is 7.46. The Morgan fingerprint density at radius 2 is 2.24 bits per heavy atom. The van der Waals surface area contributed by atoms with Crippen LogP contribution in [-0.4, -0.2) is 40.9 Å². The monoisotopic (exact) mass is 278 g/mol. The van der Waals surface area contributed by atoms with Crippen molar-refractivity contribution >= 4 is 30.1 Å². The predicted octanol–water partition coefficient (Wildman–Crippen LogP) is 1.89. The molecular weight excluding hydrogens is 256 g/mol. The molecule has 0 aromatic heterocycles. The lowest BCUT2D eigenvalue weighted by Gasteiger charge is -2.34. The third-order valence-electron chi connectivity index (χ3n) is 3.84. The number of nitrogens with zero attached hydrogens (tertiary/aromatic N) is 1. The third kappa shape index (κ3) is 3.76. The molecule has 2 aliphatic rings. The van der Waals surface area contributed by atoms with E-state index in [0.717, 1.165) is 30.9 Å². The maximum Gasteiger partial charge on any atom is 0.223 e. The molecule has 1 heterocycles. The molecule has 2 N–H and O–H groups in total. The van der Waals surface area contributed by atoms with Crippen molar-refractivity contribution in [3.63, 3.8) is 0 Å². The molecule has 100 valence electrons. The van der Waals surface area contributed by atoms with Crippen molar-refractivity contribution in [3.8, 4) is 0 Å². The highest BCUT2D eigenvalue weighted by Crippen LogP contribution is 2.28. The van der Waals surface area contributed by atoms with E-state index < -0.39 is 0 Å². The van der Waals surface area contributed by atoms with Crippen LogP contribution in [0.3, 0.4) is 0 Å². The predicted molar refractivity (Wildman–Crippen MR) is 75.7 cm³/mol. The van der Waals surface area contributed by atoms with Gasteiger partial charge in [0.2, 0.25) is 5.91 Å². The van der Waals surface area contributed by atoms with Crippen LogP contribution in [0, 0.1) is 5.92 Å². The number of carbonyl (C=O) groups excluding carboxylic acids is 1. The average molecular weight is 279 g/mol. The van der Waals surface area contributed by atoms with Gasteiger partial charge in [-0.15, -0.1) is 12.4 Å². The van der Waals surface area contributed by atoms with E-state index in [9.17, 15) is 4.79 Å². The summed E-state index contributed by atoms with van der Waals surface area (Å²) in [6, 6.07) is 0.669. The Hall–Kier alpha value is 0.0700. The van der Waals surface area contributed by atoms with Crippen molar-refractivity contribution in [2.24, 2.45) is 11.7 Å². The summed E-state index contributed by atoms with van der Waals surface area (Å²) in [5.74, 6) is 2.94. The third-order valence-corrected chi connectivity index (χ3v) is 5.03. The Bertz CT molecular complexity index is 265. The topological polar surface area (TPSA) is 46.3 Å². The Morgan fingerprint density at radius 3 is 2.82 bits per heavy atom. The van der Waals surface area contributed by atoms with E-state index in [0.29, 0.717) is 24.3 Å². The van der Waals surface area contributed by atoms with Gasteiger partial charge in [0.15, 0.2) is 0 Å². The fraction of sp³-hybridized carbons (Fsp3) is 0.917. The molecule has 1 amide bonds. The summed E-state index contributed by atoms with van der Waals surface area (Å²) in [7, 11) is 0. The maximum atomic E-state index is 12.2. The lowest BCUT2D eigenvalue weighted by molar-refractivity contribution is -0.133. The first-order chi connectivity index (χ1) is 7.68. The minimum absolute atomic E-state index is 0. The highest BCUT2D eigenvalue weighted by Gasteiger charge is 2.30. The van der Waals surface area contributed by atoms with Crippen LogP contribution >= 0.6 is 24.2 Å². The molecule has 2 rings (SSSR count). The summed E-state index contributed by atoms with van der Waals surface area (Å²) < 4.78 is 0. The van der Waals surface area contributed by atoms with Crippen LogP contribution in [0.15, 0.2) is 0 Å². The number of halogens is 1. The van der Waals surface area contributed by atoms with Crippen LogP contribution in [-0.2, 0) is 4.79 Å². The second kappa shape index (κ2) is 6.86. The highest BCUT2D eigenvalue weighted by atomic mass is 35.5. The van der Waals surface area contributed by atoms with Crippen LogP contribution in [0.25, 0.3) is 0 Å². The summed E-state index contributed by atoms with van der Waals surface area (Å²) in [5.41, 5.74) is 6.02. The molecule has 2 fully saturated rings. The van der Waals surface area contributed by atoms with E-state index in [2.05, 4.69) is 11.8 Å². The minimum atomic E-state index is 0. The van der Waals surface area contributed by atoms with Crippen LogP contribution < -0.4 is 5.73 Å². The quantitative estimate of drug-likeness (QED) is 0.839. The molecule has 0 radical (unpaired) electrons. The zero-order valence-electron chi connectivity index (χ0n) is 10.4. The Kier molecular flexibility index (Phi) is 6.10. The van der Waals surface area contributed by atoms with Gasteiger partial charge in [-0.25, -0.2) is 0 Å². The summed E-state index contributed by atoms with van der Waals surface area (Å²) >= 11 is 1.95. The van der Waals surface area contributed by atoms with Gasteiger partial charge in [-0.2, -0.15) is 11.8 Å². The number of rotatable bonds is 2. The van der Waals surface area contributed by atoms with Crippen molar-refractivity contribution in [1.82, 2.24) is 4.90 Å². The van der Waals surface area contributed by atoms with Gasteiger partial charge in [0.25, 0.3) is 0 Å². The number of nitrogens with two attached hydrogens (primary N) is 1. The van der Waals surface area contributed by atoms with Gasteiger partial charge in [0.1, 0.15) is 0 Å². The standard InChI is InChI=1S/C12H22N2OS.ClH/c1-9-8-16-6-5-14(9)12(15)7-10-3-2-4-11(10)13;/h9-11H,2-8,13H2,1H3;1H/t9?,10-,11+;/m0./s1. The van der Waals surface area contributed by atoms with E-state index >= 15 is 0 Å². The van der Waals surface area contributed by atoms with Gasteiger partial charge < -0.3 is 10.6 Å². The molecule has 1 saturated heterocycles. The highest BCUT2D eigenvalue weighted by molar-refractivity contribution is 7.99. The van der Waals surface area contributed by atoms with E-state index in [1.165, 1.54) is 6.42 Å². The molecular formula is C12H23ClN2OS. The number of hydrogen-bond acceptors (Lipinski definition) is 3. The largest absolute Gasteiger partial charge is 0.338 e. The van der Waals surface area contributed by atoms with Gasteiger partial charge >= 0.3 is 0 Å². The van der Waals surface area contributed by atoms with Crippen molar-refractivity contribution in [3.05, 3.63) is 0 Å². The van der Waals surface area contributed by atoms with Crippen LogP contribution in [0.1, 0.15) is 32.6 Å². The molecule has 3 nitrogen and oxygen atoms in total. The first kappa shape index (κ1) is 15.1. The summed E-state index contributed by atoms with van der Waals surface area (Å²) in [6.45, 7) is 3.07. The fourth-order valence-electron chi connectivity index (χ4n) is 2.76. The average Bonchev–Trinajstić information content (AvgIpc) is 2.65. The second-order valence-electron chi connectivity index (χ2n) is 5.07. The van der Waals surface area contributed by atoms with E-state index in [1.54, 1.807) is 0 Å². The second-order valence-corrected chi connectivity index (χ2v) is 6.22. The van der Waals surface area contributed by atoms with Gasteiger partial charge in [-0.05, 0) is 25.7 Å². The van der Waals surface area contributed by atoms with Gasteiger partial charge in [0, 0.05) is 36.6 Å². The zero-order valence-corrected chi connectivity index (χ0v) is 12.1. The molecule has 1 saturated carbocycles. The Labute approximate surface area is 114 Å². The molecule has 0 aromatic rings. The Morgan fingerprint density at radius 1 is 1.47 bits per heavy atom. The lowest BCUT2D eigenvalue weighted by Crippen LogP contribution is -2.45. The number of thioether (sulfide) groups is 1. The lowest BCUT2D eigenvalue weighted by atomic mass is 9.99. The van der Waals surface area contributed by atoms with Crippen molar-refractivity contribution in [2.45, 2.75) is 44.7 Å². The molecule has 1 aliphatic heterocycles. The van der Waals surface area contributed by atoms with Crippen LogP contribution in [0.2, 0.25) is 0 Å². The number of amides is 1. The molecule has 0 bridgehead atoms. The van der Waals surface area contributed by atoms with E-state index in [-0.39, 0.29) is 18.4 Å². The zero-order chi connectivity index (χ0) is 11.5. The van der Waals surface area contributed by atoms with Crippen LogP contribution in [0.4, 0.5) is 0 Å². The van der Waals surface area contributed by atoms with E-state index in [4.69, 9.17) is 5.73 Å². The maximum absolute atomic E-state index is 12.2. The first-order valence-electron chi connectivity index (χ1n) is 6.31. The van der Waals surface area contributed by atoms with Crippen molar-refractivity contribution < 1.29 is 4.79 Å². The summed E-state index contributed by atoms with van der Waals surface area (Å²) in [6.07, 6.45) is 4.12. The fourth-order valence-corrected chi connectivity index (χ4v) is 3.77. The molecule has 5 heteroatoms. The smallest absolute Gasteiger partial charge is 0.223 e. The number of carbonyl (C=O) groups is 1. The van der Waals surface area contributed by atoms with Gasteiger partial charge in [-0.3, -0.25) is 4.79 Å². The van der Waals surface area contributed by atoms with Crippen LogP contribution in [0.5, 0.6) is 0 Å². The summed E-state index contributed by atoms with van der Waals surface area (Å²) in [5, 5.41) is 0. The van der Waals surface area contributed by atoms with Gasteiger partial charge in [0.05, 0.1) is 0 Å². The molecule has 1 unspecified atom stereocenters. The molecule has 17 heavy (non-hydrogen) atoms. The van der Waals surface area contributed by atoms with Crippen molar-refractivity contribution in [1.29, 1.82) is 0 Å². The normalized spacial score (nSPS) is 33.3. The molecule has 0 spiro atoms. The minimum Gasteiger partial charge on any atom is -0.338 e. The Balaban J connectivity index is 0.00000144. The molecule has 1 aliphatic carbocycles. The SMILES string of the molecule is CC1CSCCN1C(=O)C[C@@H]1CCC[C@H]1N.Cl. The number of hydrogen-bond donors (Lipinski definition) is 1. The van der Waals surface area contributed by atoms with E-state index in [1.807, 2.05) is 11.8 Å². The molecule has 3 atom stereocenters.